The molecule has 0 amide bonds. The van der Waals surface area contributed by atoms with Gasteiger partial charge in [-0.15, -0.1) is 0 Å². The molecule has 1 aromatic carbocycles. The Labute approximate surface area is 174 Å². The van der Waals surface area contributed by atoms with Crippen LogP contribution in [0.2, 0.25) is 0 Å². The second-order valence-corrected chi connectivity index (χ2v) is 9.36. The van der Waals surface area contributed by atoms with Crippen LogP contribution < -0.4 is 11.1 Å². The minimum atomic E-state index is -3.87. The van der Waals surface area contributed by atoms with Crippen molar-refractivity contribution in [2.24, 2.45) is 11.7 Å². The lowest BCUT2D eigenvalue weighted by Crippen LogP contribution is -2.29. The van der Waals surface area contributed by atoms with Crippen LogP contribution in [-0.2, 0) is 10.0 Å². The molecule has 0 saturated heterocycles. The summed E-state index contributed by atoms with van der Waals surface area (Å²) >= 11 is 0. The molecule has 0 unspecified atom stereocenters. The summed E-state index contributed by atoms with van der Waals surface area (Å²) < 4.78 is 27.2. The third-order valence-corrected chi connectivity index (χ3v) is 7.37. The number of hydrogen-bond donors (Lipinski definition) is 2. The van der Waals surface area contributed by atoms with Crippen molar-refractivity contribution in [1.29, 1.82) is 0 Å². The van der Waals surface area contributed by atoms with Crippen LogP contribution >= 0.6 is 0 Å². The maximum absolute atomic E-state index is 13.1. The van der Waals surface area contributed by atoms with Crippen molar-refractivity contribution in [2.75, 3.05) is 11.9 Å². The molecular formula is C20H23N5O4S. The van der Waals surface area contributed by atoms with Gasteiger partial charge in [-0.2, -0.15) is 0 Å². The summed E-state index contributed by atoms with van der Waals surface area (Å²) in [5, 5.41) is 15.3. The van der Waals surface area contributed by atoms with Gasteiger partial charge in [-0.05, 0) is 56.3 Å². The number of aromatic nitrogens is 2. The van der Waals surface area contributed by atoms with Crippen molar-refractivity contribution in [1.82, 2.24) is 8.96 Å². The van der Waals surface area contributed by atoms with E-state index in [1.54, 1.807) is 24.3 Å². The summed E-state index contributed by atoms with van der Waals surface area (Å²) in [7, 11) is -3.87. The molecule has 10 heteroatoms. The van der Waals surface area contributed by atoms with Gasteiger partial charge in [0, 0.05) is 12.2 Å². The molecule has 9 nitrogen and oxygen atoms in total. The first-order valence-corrected chi connectivity index (χ1v) is 11.3. The lowest BCUT2D eigenvalue weighted by molar-refractivity contribution is -0.384. The number of nitro groups is 1. The Bertz CT molecular complexity index is 1170. The van der Waals surface area contributed by atoms with Crippen molar-refractivity contribution in [2.45, 2.75) is 36.6 Å². The molecule has 30 heavy (non-hydrogen) atoms. The fourth-order valence-electron chi connectivity index (χ4n) is 3.99. The van der Waals surface area contributed by atoms with Crippen LogP contribution in [0.5, 0.6) is 0 Å². The highest BCUT2D eigenvalue weighted by Crippen LogP contribution is 2.36. The molecule has 0 radical (unpaired) electrons. The Kier molecular flexibility index (Phi) is 5.44. The Balaban J connectivity index is 1.76. The molecule has 3 N–H and O–H groups in total. The number of nitrogens with zero attached hydrogens (tertiary/aromatic N) is 3. The zero-order valence-corrected chi connectivity index (χ0v) is 17.1. The summed E-state index contributed by atoms with van der Waals surface area (Å²) in [6.45, 7) is 0.645. The first kappa shape index (κ1) is 20.3. The van der Waals surface area contributed by atoms with Gasteiger partial charge >= 0.3 is 5.69 Å². The summed E-state index contributed by atoms with van der Waals surface area (Å²) in [6, 6.07) is 9.64. The summed E-state index contributed by atoms with van der Waals surface area (Å²) in [5.74, 6) is 0.479. The normalized spacial score (nSPS) is 19.6. The molecule has 1 aliphatic rings. The second kappa shape index (κ2) is 8.04. The minimum Gasteiger partial charge on any atom is -0.376 e. The molecule has 158 valence electrons. The maximum atomic E-state index is 13.1. The molecule has 4 rings (SSSR count). The Morgan fingerprint density at radius 3 is 2.50 bits per heavy atom. The van der Waals surface area contributed by atoms with Crippen LogP contribution in [0.3, 0.4) is 0 Å². The van der Waals surface area contributed by atoms with Gasteiger partial charge < -0.3 is 11.1 Å². The predicted molar refractivity (Wildman–Crippen MR) is 114 cm³/mol. The zero-order valence-electron chi connectivity index (χ0n) is 16.3. The van der Waals surface area contributed by atoms with Crippen molar-refractivity contribution in [3.05, 3.63) is 58.9 Å². The first-order chi connectivity index (χ1) is 14.4. The highest BCUT2D eigenvalue weighted by molar-refractivity contribution is 7.90. The number of fused-ring (bicyclic) bond motifs is 1. The summed E-state index contributed by atoms with van der Waals surface area (Å²) in [4.78, 5) is 15.4. The largest absolute Gasteiger partial charge is 0.376 e. The number of nitrogens with one attached hydrogen (secondary N) is 1. The molecule has 1 aliphatic carbocycles. The molecule has 3 aromatic rings. The smallest absolute Gasteiger partial charge is 0.311 e. The molecule has 0 bridgehead atoms. The lowest BCUT2D eigenvalue weighted by Gasteiger charge is -2.29. The topological polar surface area (TPSA) is 133 Å². The van der Waals surface area contributed by atoms with Gasteiger partial charge in [0.25, 0.3) is 10.0 Å². The number of benzene rings is 1. The second-order valence-electron chi connectivity index (χ2n) is 7.54. The van der Waals surface area contributed by atoms with E-state index in [1.165, 1.54) is 18.3 Å². The number of pyridine rings is 1. The fraction of sp³-hybridized carbons (Fsp3) is 0.350. The van der Waals surface area contributed by atoms with Gasteiger partial charge in [-0.3, -0.25) is 10.1 Å². The van der Waals surface area contributed by atoms with Crippen LogP contribution in [0.15, 0.2) is 53.7 Å². The van der Waals surface area contributed by atoms with E-state index in [1.807, 2.05) is 0 Å². The molecular weight excluding hydrogens is 406 g/mol. The van der Waals surface area contributed by atoms with Gasteiger partial charge in [0.1, 0.15) is 11.9 Å². The molecule has 0 spiro atoms. The quantitative estimate of drug-likeness (QED) is 0.454. The van der Waals surface area contributed by atoms with E-state index >= 15 is 0 Å². The lowest BCUT2D eigenvalue weighted by atomic mass is 9.86. The monoisotopic (exact) mass is 429 g/mol. The molecule has 2 aromatic heterocycles. The fourth-order valence-corrected chi connectivity index (χ4v) is 5.31. The SMILES string of the molecule is NCC1CCC(Nc2c([N+](=O)[O-])cnc3c2ccn3S(=O)(=O)c2ccccc2)CC1. The van der Waals surface area contributed by atoms with E-state index in [4.69, 9.17) is 5.73 Å². The molecule has 0 aliphatic heterocycles. The molecule has 1 fully saturated rings. The maximum Gasteiger partial charge on any atom is 0.311 e. The minimum absolute atomic E-state index is 0.0613. The number of rotatable bonds is 6. The van der Waals surface area contributed by atoms with Gasteiger partial charge in [0.15, 0.2) is 5.65 Å². The molecule has 0 atom stereocenters. The van der Waals surface area contributed by atoms with E-state index in [0.29, 0.717) is 23.5 Å². The summed E-state index contributed by atoms with van der Waals surface area (Å²) in [5.41, 5.74) is 6.05. The average Bonchev–Trinajstić information content (AvgIpc) is 3.20. The van der Waals surface area contributed by atoms with E-state index in [0.717, 1.165) is 35.9 Å². The molecule has 2 heterocycles. The third-order valence-electron chi connectivity index (χ3n) is 5.69. The van der Waals surface area contributed by atoms with Gasteiger partial charge in [-0.1, -0.05) is 18.2 Å². The summed E-state index contributed by atoms with van der Waals surface area (Å²) in [6.07, 6.45) is 6.13. The van der Waals surface area contributed by atoms with Gasteiger partial charge in [0.2, 0.25) is 0 Å². The van der Waals surface area contributed by atoms with Crippen LogP contribution in [0.1, 0.15) is 25.7 Å². The van der Waals surface area contributed by atoms with Gasteiger partial charge in [-0.25, -0.2) is 17.4 Å². The highest BCUT2D eigenvalue weighted by Gasteiger charge is 2.27. The number of hydrogen-bond acceptors (Lipinski definition) is 7. The standard InChI is InChI=1S/C20H23N5O4S/c21-12-14-6-8-15(9-7-14)23-19-17-10-11-24(20(17)22-13-18(19)25(26)27)30(28,29)16-4-2-1-3-5-16/h1-5,10-11,13-15H,6-9,12,21H2,(H,22,23). The Morgan fingerprint density at radius 2 is 1.87 bits per heavy atom. The first-order valence-electron chi connectivity index (χ1n) is 9.83. The van der Waals surface area contributed by atoms with Crippen LogP contribution in [0, 0.1) is 16.0 Å². The number of nitrogens with two attached hydrogens (primary N) is 1. The third kappa shape index (κ3) is 3.63. The van der Waals surface area contributed by atoms with E-state index in [9.17, 15) is 18.5 Å². The zero-order chi connectivity index (χ0) is 21.3. The van der Waals surface area contributed by atoms with E-state index in [-0.39, 0.29) is 22.3 Å². The number of anilines is 1. The predicted octanol–water partition coefficient (Wildman–Crippen LogP) is 3.11. The van der Waals surface area contributed by atoms with Crippen molar-refractivity contribution in [3.8, 4) is 0 Å². The molecule has 1 saturated carbocycles. The van der Waals surface area contributed by atoms with Crippen molar-refractivity contribution < 1.29 is 13.3 Å². The van der Waals surface area contributed by atoms with Crippen LogP contribution in [0.4, 0.5) is 11.4 Å². The van der Waals surface area contributed by atoms with Gasteiger partial charge in [0.05, 0.1) is 15.2 Å². The van der Waals surface area contributed by atoms with Crippen molar-refractivity contribution >= 4 is 32.4 Å². The van der Waals surface area contributed by atoms with E-state index in [2.05, 4.69) is 10.3 Å². The van der Waals surface area contributed by atoms with E-state index < -0.39 is 14.9 Å². The van der Waals surface area contributed by atoms with Crippen LogP contribution in [0.25, 0.3) is 11.0 Å². The van der Waals surface area contributed by atoms with Crippen molar-refractivity contribution in [3.63, 3.8) is 0 Å². The average molecular weight is 430 g/mol. The van der Waals surface area contributed by atoms with Crippen LogP contribution in [-0.4, -0.2) is 34.9 Å². The Hall–Kier alpha value is -2.98. The Morgan fingerprint density at radius 1 is 1.17 bits per heavy atom. The highest BCUT2D eigenvalue weighted by atomic mass is 32.2.